The minimum Gasteiger partial charge on any atom is -0.478 e. The number of methoxy groups -OCH3 is 2. The van der Waals surface area contributed by atoms with Crippen LogP contribution in [0.1, 0.15) is 15.9 Å². The van der Waals surface area contributed by atoms with E-state index in [1.165, 1.54) is 38.5 Å². The van der Waals surface area contributed by atoms with Crippen LogP contribution in [-0.2, 0) is 25.2 Å². The Morgan fingerprint density at radius 2 is 1.80 bits per heavy atom. The van der Waals surface area contributed by atoms with Crippen molar-refractivity contribution in [2.75, 3.05) is 20.8 Å². The number of ether oxygens (including phenoxy) is 2. The van der Waals surface area contributed by atoms with Gasteiger partial charge in [-0.05, 0) is 17.7 Å². The van der Waals surface area contributed by atoms with Gasteiger partial charge in [-0.2, -0.15) is 0 Å². The van der Waals surface area contributed by atoms with Crippen LogP contribution in [0.2, 0.25) is 0 Å². The first-order valence-electron chi connectivity index (χ1n) is 5.73. The molecule has 1 aromatic carbocycles. The first-order valence-corrected chi connectivity index (χ1v) is 7.38. The van der Waals surface area contributed by atoms with Crippen molar-refractivity contribution in [3.05, 3.63) is 35.4 Å². The fourth-order valence-corrected chi connectivity index (χ4v) is 2.60. The number of carboxylic acid groups (broad SMARTS) is 1. The van der Waals surface area contributed by atoms with Crippen LogP contribution in [0.3, 0.4) is 0 Å². The van der Waals surface area contributed by atoms with Crippen LogP contribution >= 0.6 is 0 Å². The Balaban J connectivity index is 2.64. The zero-order valence-electron chi connectivity index (χ0n) is 11.2. The van der Waals surface area contributed by atoms with E-state index >= 15 is 0 Å². The van der Waals surface area contributed by atoms with Crippen molar-refractivity contribution in [3.8, 4) is 0 Å². The SMILES string of the molecule is COC(CNS(=O)(=O)Cc1ccc(C(=O)O)cc1)OC. The summed E-state index contributed by atoms with van der Waals surface area (Å²) in [6.07, 6.45) is -0.654. The summed E-state index contributed by atoms with van der Waals surface area (Å²) in [5.74, 6) is -1.30. The summed E-state index contributed by atoms with van der Waals surface area (Å²) >= 11 is 0. The van der Waals surface area contributed by atoms with Crippen molar-refractivity contribution in [3.63, 3.8) is 0 Å². The van der Waals surface area contributed by atoms with Gasteiger partial charge < -0.3 is 14.6 Å². The smallest absolute Gasteiger partial charge is 0.335 e. The minimum absolute atomic E-state index is 0.00252. The van der Waals surface area contributed by atoms with Crippen LogP contribution in [0.4, 0.5) is 0 Å². The quantitative estimate of drug-likeness (QED) is 0.675. The van der Waals surface area contributed by atoms with Crippen LogP contribution in [0, 0.1) is 0 Å². The second kappa shape index (κ2) is 7.34. The van der Waals surface area contributed by atoms with Gasteiger partial charge in [0, 0.05) is 14.2 Å². The molecule has 112 valence electrons. The summed E-state index contributed by atoms with van der Waals surface area (Å²) in [6, 6.07) is 5.65. The summed E-state index contributed by atoms with van der Waals surface area (Å²) in [6.45, 7) is 0.00252. The van der Waals surface area contributed by atoms with Crippen LogP contribution in [0.5, 0.6) is 0 Å². The maximum Gasteiger partial charge on any atom is 0.335 e. The molecule has 7 nitrogen and oxygen atoms in total. The van der Waals surface area contributed by atoms with Gasteiger partial charge in [-0.25, -0.2) is 17.9 Å². The molecule has 8 heteroatoms. The molecular formula is C12H17NO6S. The number of hydrogen-bond acceptors (Lipinski definition) is 5. The van der Waals surface area contributed by atoms with Gasteiger partial charge in [0.2, 0.25) is 10.0 Å². The molecule has 0 heterocycles. The molecule has 0 aliphatic rings. The van der Waals surface area contributed by atoms with Crippen molar-refractivity contribution in [2.45, 2.75) is 12.0 Å². The number of sulfonamides is 1. The van der Waals surface area contributed by atoms with E-state index in [0.29, 0.717) is 5.56 Å². The number of benzene rings is 1. The summed E-state index contributed by atoms with van der Waals surface area (Å²) in [4.78, 5) is 10.7. The van der Waals surface area contributed by atoms with Gasteiger partial charge in [0.1, 0.15) is 0 Å². The molecule has 0 aliphatic heterocycles. The van der Waals surface area contributed by atoms with Gasteiger partial charge in [0.15, 0.2) is 6.29 Å². The third-order valence-corrected chi connectivity index (χ3v) is 3.87. The number of nitrogens with one attached hydrogen (secondary N) is 1. The van der Waals surface area contributed by atoms with Crippen molar-refractivity contribution >= 4 is 16.0 Å². The molecule has 2 N–H and O–H groups in total. The number of rotatable bonds is 8. The fraction of sp³-hybridized carbons (Fsp3) is 0.417. The van der Waals surface area contributed by atoms with E-state index in [1.54, 1.807) is 0 Å². The van der Waals surface area contributed by atoms with E-state index < -0.39 is 22.3 Å². The summed E-state index contributed by atoms with van der Waals surface area (Å²) < 4.78 is 35.7. The Labute approximate surface area is 117 Å². The summed E-state index contributed by atoms with van der Waals surface area (Å²) in [5.41, 5.74) is 0.604. The van der Waals surface area contributed by atoms with Crippen molar-refractivity contribution in [2.24, 2.45) is 0 Å². The highest BCUT2D eigenvalue weighted by molar-refractivity contribution is 7.88. The van der Waals surface area contributed by atoms with Crippen LogP contribution in [-0.4, -0.2) is 46.5 Å². The third kappa shape index (κ3) is 5.25. The van der Waals surface area contributed by atoms with Crippen molar-refractivity contribution in [1.29, 1.82) is 0 Å². The number of carboxylic acids is 1. The molecule has 0 saturated heterocycles. The lowest BCUT2D eigenvalue weighted by atomic mass is 10.1. The van der Waals surface area contributed by atoms with Crippen LogP contribution in [0.15, 0.2) is 24.3 Å². The lowest BCUT2D eigenvalue weighted by Crippen LogP contribution is -2.34. The Hall–Kier alpha value is -1.48. The predicted molar refractivity (Wildman–Crippen MR) is 71.8 cm³/mol. The molecule has 0 spiro atoms. The maximum absolute atomic E-state index is 11.8. The minimum atomic E-state index is -3.54. The fourth-order valence-electron chi connectivity index (χ4n) is 1.47. The second-order valence-electron chi connectivity index (χ2n) is 4.01. The molecule has 0 fully saturated rings. The van der Waals surface area contributed by atoms with E-state index in [0.717, 1.165) is 0 Å². The average Bonchev–Trinajstić information content (AvgIpc) is 2.40. The lowest BCUT2D eigenvalue weighted by Gasteiger charge is -2.14. The zero-order chi connectivity index (χ0) is 15.2. The zero-order valence-corrected chi connectivity index (χ0v) is 12.0. The molecule has 0 aliphatic carbocycles. The van der Waals surface area contributed by atoms with E-state index in [1.807, 2.05) is 0 Å². The average molecular weight is 303 g/mol. The molecule has 0 saturated carbocycles. The first kappa shape index (κ1) is 16.6. The van der Waals surface area contributed by atoms with Crippen molar-refractivity contribution in [1.82, 2.24) is 4.72 Å². The second-order valence-corrected chi connectivity index (χ2v) is 5.82. The summed E-state index contributed by atoms with van der Waals surface area (Å²) in [7, 11) is -0.721. The highest BCUT2D eigenvalue weighted by Crippen LogP contribution is 2.08. The largest absolute Gasteiger partial charge is 0.478 e. The molecular weight excluding hydrogens is 286 g/mol. The molecule has 0 unspecified atom stereocenters. The number of aromatic carboxylic acids is 1. The van der Waals surface area contributed by atoms with Crippen LogP contribution in [0.25, 0.3) is 0 Å². The maximum atomic E-state index is 11.8. The Bertz CT molecular complexity index is 536. The molecule has 0 atom stereocenters. The topological polar surface area (TPSA) is 102 Å². The molecule has 1 aromatic rings. The van der Waals surface area contributed by atoms with Gasteiger partial charge in [-0.15, -0.1) is 0 Å². The van der Waals surface area contributed by atoms with E-state index in [4.69, 9.17) is 14.6 Å². The molecule has 0 aromatic heterocycles. The predicted octanol–water partition coefficient (Wildman–Crippen LogP) is 0.423. The molecule has 0 amide bonds. The monoisotopic (exact) mass is 303 g/mol. The van der Waals surface area contributed by atoms with E-state index in [-0.39, 0.29) is 17.9 Å². The van der Waals surface area contributed by atoms with Gasteiger partial charge in [-0.3, -0.25) is 0 Å². The van der Waals surface area contributed by atoms with Gasteiger partial charge >= 0.3 is 5.97 Å². The number of carbonyl (C=O) groups is 1. The van der Waals surface area contributed by atoms with E-state index in [2.05, 4.69) is 4.72 Å². The van der Waals surface area contributed by atoms with Crippen molar-refractivity contribution < 1.29 is 27.8 Å². The third-order valence-electron chi connectivity index (χ3n) is 2.55. The lowest BCUT2D eigenvalue weighted by molar-refractivity contribution is -0.0960. The highest BCUT2D eigenvalue weighted by Gasteiger charge is 2.15. The molecule has 20 heavy (non-hydrogen) atoms. The van der Waals surface area contributed by atoms with Gasteiger partial charge in [0.05, 0.1) is 17.9 Å². The highest BCUT2D eigenvalue weighted by atomic mass is 32.2. The van der Waals surface area contributed by atoms with Gasteiger partial charge in [0.25, 0.3) is 0 Å². The number of hydrogen-bond donors (Lipinski definition) is 2. The molecule has 1 rings (SSSR count). The van der Waals surface area contributed by atoms with E-state index in [9.17, 15) is 13.2 Å². The first-order chi connectivity index (χ1) is 9.38. The summed E-state index contributed by atoms with van der Waals surface area (Å²) in [5, 5.41) is 8.75. The Morgan fingerprint density at radius 1 is 1.25 bits per heavy atom. The van der Waals surface area contributed by atoms with Gasteiger partial charge in [-0.1, -0.05) is 12.1 Å². The van der Waals surface area contributed by atoms with Crippen LogP contribution < -0.4 is 4.72 Å². The standard InChI is InChI=1S/C12H17NO6S/c1-18-11(19-2)7-13-20(16,17)8-9-3-5-10(6-4-9)12(14)15/h3-6,11,13H,7-8H2,1-2H3,(H,14,15). The normalized spacial score (nSPS) is 11.8. The Kier molecular flexibility index (Phi) is 6.08. The molecule has 0 bridgehead atoms. The molecule has 0 radical (unpaired) electrons. The Morgan fingerprint density at radius 3 is 2.25 bits per heavy atom.